The first-order chi connectivity index (χ1) is 8.64. The van der Waals surface area contributed by atoms with Gasteiger partial charge >= 0.3 is 0 Å². The maximum Gasteiger partial charge on any atom is 0.0485 e. The largest absolute Gasteiger partial charge is 0.344 e. The Morgan fingerprint density at radius 1 is 0.895 bits per heavy atom. The quantitative estimate of drug-likeness (QED) is 0.657. The summed E-state index contributed by atoms with van der Waals surface area (Å²) in [5.41, 5.74) is 4.61. The van der Waals surface area contributed by atoms with E-state index in [1.54, 1.807) is 0 Å². The molecule has 0 amide bonds. The van der Waals surface area contributed by atoms with Crippen LogP contribution >= 0.6 is 0 Å². The Kier molecular flexibility index (Phi) is 3.28. The van der Waals surface area contributed by atoms with E-state index in [0.29, 0.717) is 0 Å². The van der Waals surface area contributed by atoms with Gasteiger partial charge in [0.1, 0.15) is 0 Å². The molecule has 104 valence electrons. The first kappa shape index (κ1) is 14.2. The lowest BCUT2D eigenvalue weighted by Crippen LogP contribution is -2.17. The Balaban J connectivity index is 2.72. The van der Waals surface area contributed by atoms with Crippen molar-refractivity contribution in [3.05, 3.63) is 35.5 Å². The van der Waals surface area contributed by atoms with Crippen LogP contribution in [0.5, 0.6) is 0 Å². The minimum atomic E-state index is 0.191. The molecule has 1 aromatic heterocycles. The summed E-state index contributed by atoms with van der Waals surface area (Å²) in [6.45, 7) is 17.0. The third kappa shape index (κ3) is 2.56. The van der Waals surface area contributed by atoms with Crippen molar-refractivity contribution in [1.82, 2.24) is 4.57 Å². The van der Waals surface area contributed by atoms with Crippen LogP contribution in [0.1, 0.15) is 59.7 Å². The van der Waals surface area contributed by atoms with Gasteiger partial charge in [0, 0.05) is 23.2 Å². The lowest BCUT2D eigenvalue weighted by Gasteiger charge is -2.22. The van der Waals surface area contributed by atoms with Crippen LogP contribution in [-0.4, -0.2) is 4.57 Å². The molecule has 0 saturated heterocycles. The van der Waals surface area contributed by atoms with Gasteiger partial charge in [-0.05, 0) is 35.4 Å². The van der Waals surface area contributed by atoms with Gasteiger partial charge in [-0.3, -0.25) is 0 Å². The number of nitrogens with zero attached hydrogens (tertiary/aromatic N) is 1. The van der Waals surface area contributed by atoms with Crippen molar-refractivity contribution < 1.29 is 0 Å². The van der Waals surface area contributed by atoms with Crippen molar-refractivity contribution in [2.24, 2.45) is 0 Å². The number of hydrogen-bond acceptors (Lipinski definition) is 0. The highest BCUT2D eigenvalue weighted by molar-refractivity contribution is 5.82. The van der Waals surface area contributed by atoms with Crippen molar-refractivity contribution in [2.75, 3.05) is 0 Å². The van der Waals surface area contributed by atoms with Crippen molar-refractivity contribution in [1.29, 1.82) is 0 Å². The molecule has 0 saturated carbocycles. The van der Waals surface area contributed by atoms with E-state index in [-0.39, 0.29) is 10.8 Å². The van der Waals surface area contributed by atoms with Gasteiger partial charge in [-0.2, -0.15) is 0 Å². The smallest absolute Gasteiger partial charge is 0.0485 e. The zero-order chi connectivity index (χ0) is 14.4. The van der Waals surface area contributed by atoms with E-state index in [2.05, 4.69) is 77.3 Å². The molecule has 1 aromatic carbocycles. The molecule has 1 nitrogen and oxygen atoms in total. The van der Waals surface area contributed by atoms with Gasteiger partial charge in [-0.15, -0.1) is 0 Å². The van der Waals surface area contributed by atoms with Crippen molar-refractivity contribution in [3.63, 3.8) is 0 Å². The van der Waals surface area contributed by atoms with Gasteiger partial charge in [-0.25, -0.2) is 0 Å². The van der Waals surface area contributed by atoms with E-state index in [4.69, 9.17) is 0 Å². The van der Waals surface area contributed by atoms with Crippen LogP contribution in [0.3, 0.4) is 0 Å². The fraction of sp³-hybridized carbons (Fsp3) is 0.556. The second kappa shape index (κ2) is 4.40. The summed E-state index contributed by atoms with van der Waals surface area (Å²) in [6, 6.07) is 9.27. The summed E-state index contributed by atoms with van der Waals surface area (Å²) in [5.74, 6) is 0. The Bertz CT molecular complexity index is 588. The van der Waals surface area contributed by atoms with E-state index >= 15 is 0 Å². The van der Waals surface area contributed by atoms with E-state index in [1.165, 1.54) is 22.2 Å². The lowest BCUT2D eigenvalue weighted by molar-refractivity contribution is 0.531. The molecule has 2 rings (SSSR count). The van der Waals surface area contributed by atoms with Gasteiger partial charge in [0.2, 0.25) is 0 Å². The zero-order valence-corrected chi connectivity index (χ0v) is 13.5. The van der Waals surface area contributed by atoms with Crippen LogP contribution < -0.4 is 0 Å². The third-order valence-corrected chi connectivity index (χ3v) is 3.85. The highest BCUT2D eigenvalue weighted by Gasteiger charge is 2.21. The van der Waals surface area contributed by atoms with Gasteiger partial charge in [0.15, 0.2) is 0 Å². The highest BCUT2D eigenvalue weighted by atomic mass is 15.0. The predicted octanol–water partition coefficient (Wildman–Crippen LogP) is 5.26. The molecule has 1 heteroatoms. The molecule has 0 aliphatic rings. The van der Waals surface area contributed by atoms with Gasteiger partial charge < -0.3 is 4.57 Å². The van der Waals surface area contributed by atoms with E-state index < -0.39 is 0 Å². The second-order valence-electron chi connectivity index (χ2n) is 7.55. The monoisotopic (exact) mass is 257 g/mol. The van der Waals surface area contributed by atoms with Crippen LogP contribution in [0.15, 0.2) is 24.3 Å². The second-order valence-corrected chi connectivity index (χ2v) is 7.55. The SMILES string of the molecule is CCn1c(C(C)(C)C)cc2ccc(C(C)(C)C)cc21. The van der Waals surface area contributed by atoms with Crippen molar-refractivity contribution in [2.45, 2.75) is 65.8 Å². The number of aryl methyl sites for hydroxylation is 1. The van der Waals surface area contributed by atoms with Crippen LogP contribution in [0, 0.1) is 0 Å². The Morgan fingerprint density at radius 2 is 1.53 bits per heavy atom. The fourth-order valence-corrected chi connectivity index (χ4v) is 2.68. The summed E-state index contributed by atoms with van der Waals surface area (Å²) < 4.78 is 2.46. The summed E-state index contributed by atoms with van der Waals surface area (Å²) in [4.78, 5) is 0. The number of fused-ring (bicyclic) bond motifs is 1. The Morgan fingerprint density at radius 3 is 2.00 bits per heavy atom. The van der Waals surface area contributed by atoms with E-state index in [0.717, 1.165) is 6.54 Å². The first-order valence-electron chi connectivity index (χ1n) is 7.29. The average molecular weight is 257 g/mol. The zero-order valence-electron chi connectivity index (χ0n) is 13.5. The number of hydrogen-bond donors (Lipinski definition) is 0. The molecule has 0 spiro atoms. The molecular formula is C18H27N. The van der Waals surface area contributed by atoms with E-state index in [9.17, 15) is 0 Å². The summed E-state index contributed by atoms with van der Waals surface area (Å²) in [5, 5.41) is 1.36. The van der Waals surface area contributed by atoms with Crippen LogP contribution in [0.4, 0.5) is 0 Å². The molecule has 1 heterocycles. The van der Waals surface area contributed by atoms with Gasteiger partial charge in [-0.1, -0.05) is 53.7 Å². The summed E-state index contributed by atoms with van der Waals surface area (Å²) in [7, 11) is 0. The van der Waals surface area contributed by atoms with Crippen LogP contribution in [-0.2, 0) is 17.4 Å². The molecule has 0 fully saturated rings. The van der Waals surface area contributed by atoms with Crippen molar-refractivity contribution in [3.8, 4) is 0 Å². The maximum absolute atomic E-state index is 2.46. The predicted molar refractivity (Wildman–Crippen MR) is 85.0 cm³/mol. The molecule has 0 aliphatic heterocycles. The summed E-state index contributed by atoms with van der Waals surface area (Å²) in [6.07, 6.45) is 0. The Hall–Kier alpha value is -1.24. The van der Waals surface area contributed by atoms with Gasteiger partial charge in [0.25, 0.3) is 0 Å². The Labute approximate surface area is 117 Å². The molecule has 0 N–H and O–H groups in total. The topological polar surface area (TPSA) is 4.93 Å². The first-order valence-corrected chi connectivity index (χ1v) is 7.29. The van der Waals surface area contributed by atoms with Crippen LogP contribution in [0.2, 0.25) is 0 Å². The molecule has 0 bridgehead atoms. The molecular weight excluding hydrogens is 230 g/mol. The third-order valence-electron chi connectivity index (χ3n) is 3.85. The average Bonchev–Trinajstić information content (AvgIpc) is 2.64. The minimum Gasteiger partial charge on any atom is -0.344 e. The summed E-state index contributed by atoms with van der Waals surface area (Å²) >= 11 is 0. The van der Waals surface area contributed by atoms with Crippen molar-refractivity contribution >= 4 is 10.9 Å². The molecule has 19 heavy (non-hydrogen) atoms. The van der Waals surface area contributed by atoms with Gasteiger partial charge in [0.05, 0.1) is 0 Å². The molecule has 2 aromatic rings. The minimum absolute atomic E-state index is 0.191. The number of aromatic nitrogens is 1. The molecule has 0 atom stereocenters. The maximum atomic E-state index is 2.46. The molecule has 0 unspecified atom stereocenters. The number of benzene rings is 1. The standard InChI is InChI=1S/C18H27N/c1-8-19-15-12-14(17(2,3)4)10-9-13(15)11-16(19)18(5,6)7/h9-12H,8H2,1-7H3. The molecule has 0 aliphatic carbocycles. The van der Waals surface area contributed by atoms with Crippen LogP contribution in [0.25, 0.3) is 10.9 Å². The fourth-order valence-electron chi connectivity index (χ4n) is 2.68. The highest BCUT2D eigenvalue weighted by Crippen LogP contribution is 2.32. The lowest BCUT2D eigenvalue weighted by atomic mass is 9.87. The molecule has 0 radical (unpaired) electrons. The number of rotatable bonds is 1. The normalized spacial score (nSPS) is 13.2. The van der Waals surface area contributed by atoms with E-state index in [1.807, 2.05) is 0 Å².